The van der Waals surface area contributed by atoms with Crippen molar-refractivity contribution in [3.8, 4) is 11.8 Å². The van der Waals surface area contributed by atoms with Crippen LogP contribution in [0.5, 0.6) is 5.75 Å². The molecule has 1 aromatic carbocycles. The van der Waals surface area contributed by atoms with Gasteiger partial charge in [0.1, 0.15) is 12.7 Å². The fraction of sp³-hybridized carbons (Fsp3) is 0.222. The van der Waals surface area contributed by atoms with Gasteiger partial charge in [0.25, 0.3) is 0 Å². The maximum Gasteiger partial charge on any atom is 0.183 e. The number of fused-ring (bicyclic) bond motifs is 1. The highest BCUT2D eigenvalue weighted by Crippen LogP contribution is 2.34. The van der Waals surface area contributed by atoms with Crippen molar-refractivity contribution in [2.24, 2.45) is 5.73 Å². The summed E-state index contributed by atoms with van der Waals surface area (Å²) in [6, 6.07) is 4.52. The summed E-state index contributed by atoms with van der Waals surface area (Å²) in [6.07, 6.45) is 0. The van der Waals surface area contributed by atoms with E-state index in [9.17, 15) is 4.39 Å². The van der Waals surface area contributed by atoms with Crippen LogP contribution in [0.15, 0.2) is 12.1 Å². The average molecular weight is 178 g/mol. The third-order valence-electron chi connectivity index (χ3n) is 2.05. The van der Waals surface area contributed by atoms with Crippen LogP contribution >= 0.6 is 0 Å². The van der Waals surface area contributed by atoms with Crippen molar-refractivity contribution in [2.75, 3.05) is 6.61 Å². The first-order chi connectivity index (χ1) is 6.24. The standard InChI is InChI=1S/C9H7FN2O/c10-8-5(3-11)1-2-6-7(12)4-13-9(6)8/h1-2,7H,4,12H2/t7-/m1/s1. The molecule has 0 saturated carbocycles. The first-order valence-corrected chi connectivity index (χ1v) is 3.85. The van der Waals surface area contributed by atoms with E-state index >= 15 is 0 Å². The summed E-state index contributed by atoms with van der Waals surface area (Å²) in [5, 5.41) is 8.54. The first-order valence-electron chi connectivity index (χ1n) is 3.85. The van der Waals surface area contributed by atoms with Gasteiger partial charge in [0, 0.05) is 5.56 Å². The number of benzene rings is 1. The quantitative estimate of drug-likeness (QED) is 0.646. The second-order valence-electron chi connectivity index (χ2n) is 2.87. The van der Waals surface area contributed by atoms with Crippen LogP contribution in [0.25, 0.3) is 0 Å². The minimum atomic E-state index is -0.604. The van der Waals surface area contributed by atoms with Gasteiger partial charge in [-0.2, -0.15) is 5.26 Å². The zero-order valence-electron chi connectivity index (χ0n) is 6.75. The Bertz CT molecular complexity index is 397. The summed E-state index contributed by atoms with van der Waals surface area (Å²) in [5.74, 6) is -0.473. The zero-order valence-corrected chi connectivity index (χ0v) is 6.75. The van der Waals surface area contributed by atoms with Gasteiger partial charge in [-0.25, -0.2) is 4.39 Å². The minimum Gasteiger partial charge on any atom is -0.488 e. The topological polar surface area (TPSA) is 59.0 Å². The number of hydrogen-bond acceptors (Lipinski definition) is 3. The molecule has 2 rings (SSSR count). The highest BCUT2D eigenvalue weighted by Gasteiger charge is 2.25. The lowest BCUT2D eigenvalue weighted by Crippen LogP contribution is -2.10. The molecular weight excluding hydrogens is 171 g/mol. The van der Waals surface area contributed by atoms with Crippen LogP contribution in [0.1, 0.15) is 17.2 Å². The van der Waals surface area contributed by atoms with Crippen molar-refractivity contribution in [2.45, 2.75) is 6.04 Å². The monoisotopic (exact) mass is 178 g/mol. The zero-order chi connectivity index (χ0) is 9.42. The molecule has 1 aliphatic heterocycles. The van der Waals surface area contributed by atoms with Crippen LogP contribution in [-0.2, 0) is 0 Å². The maximum atomic E-state index is 13.3. The second kappa shape index (κ2) is 2.71. The number of nitriles is 1. The lowest BCUT2D eigenvalue weighted by Gasteiger charge is -2.01. The van der Waals surface area contributed by atoms with Crippen molar-refractivity contribution in [3.63, 3.8) is 0 Å². The van der Waals surface area contributed by atoms with E-state index in [1.54, 1.807) is 12.1 Å². The molecule has 1 aromatic rings. The third-order valence-corrected chi connectivity index (χ3v) is 2.05. The van der Waals surface area contributed by atoms with Crippen molar-refractivity contribution in [1.29, 1.82) is 5.26 Å². The predicted octanol–water partition coefficient (Wildman–Crippen LogP) is 1.09. The Kier molecular flexibility index (Phi) is 1.67. The molecule has 0 aromatic heterocycles. The van der Waals surface area contributed by atoms with E-state index in [2.05, 4.69) is 0 Å². The molecular formula is C9H7FN2O. The molecule has 66 valence electrons. The van der Waals surface area contributed by atoms with Crippen LogP contribution in [0.3, 0.4) is 0 Å². The van der Waals surface area contributed by atoms with E-state index < -0.39 is 5.82 Å². The number of ether oxygens (including phenoxy) is 1. The first kappa shape index (κ1) is 8.02. The Labute approximate surface area is 74.5 Å². The Hall–Kier alpha value is -1.60. The number of halogens is 1. The summed E-state index contributed by atoms with van der Waals surface area (Å²) in [6.45, 7) is 0.279. The van der Waals surface area contributed by atoms with Gasteiger partial charge in [-0.1, -0.05) is 6.07 Å². The van der Waals surface area contributed by atoms with E-state index in [1.807, 2.05) is 0 Å². The molecule has 0 fully saturated rings. The molecule has 1 atom stereocenters. The normalized spacial score (nSPS) is 19.0. The Balaban J connectivity index is 2.62. The van der Waals surface area contributed by atoms with Crippen molar-refractivity contribution < 1.29 is 9.13 Å². The summed E-state index contributed by atoms with van der Waals surface area (Å²) < 4.78 is 18.4. The minimum absolute atomic E-state index is 0.00662. The number of hydrogen-bond donors (Lipinski definition) is 1. The van der Waals surface area contributed by atoms with Gasteiger partial charge in [-0.05, 0) is 6.07 Å². The molecule has 0 amide bonds. The lowest BCUT2D eigenvalue weighted by atomic mass is 10.1. The van der Waals surface area contributed by atoms with E-state index in [0.717, 1.165) is 0 Å². The molecule has 1 heterocycles. The third kappa shape index (κ3) is 1.05. The molecule has 0 aliphatic carbocycles. The summed E-state index contributed by atoms with van der Waals surface area (Å²) in [5.41, 5.74) is 6.26. The summed E-state index contributed by atoms with van der Waals surface area (Å²) >= 11 is 0. The number of rotatable bonds is 0. The fourth-order valence-electron chi connectivity index (χ4n) is 1.36. The molecule has 0 unspecified atom stereocenters. The van der Waals surface area contributed by atoms with E-state index in [0.29, 0.717) is 5.56 Å². The average Bonchev–Trinajstić information content (AvgIpc) is 2.50. The molecule has 13 heavy (non-hydrogen) atoms. The SMILES string of the molecule is N#Cc1ccc2c(c1F)OC[C@H]2N. The van der Waals surface area contributed by atoms with Crippen molar-refractivity contribution in [3.05, 3.63) is 29.1 Å². The van der Waals surface area contributed by atoms with Gasteiger partial charge in [0.15, 0.2) is 11.6 Å². The van der Waals surface area contributed by atoms with E-state index in [4.69, 9.17) is 15.7 Å². The van der Waals surface area contributed by atoms with Gasteiger partial charge >= 0.3 is 0 Å². The molecule has 0 radical (unpaired) electrons. The molecule has 2 N–H and O–H groups in total. The summed E-state index contributed by atoms with van der Waals surface area (Å²) in [7, 11) is 0. The van der Waals surface area contributed by atoms with Gasteiger partial charge in [-0.15, -0.1) is 0 Å². The van der Waals surface area contributed by atoms with Gasteiger partial charge in [0.2, 0.25) is 0 Å². The molecule has 1 aliphatic rings. The molecule has 0 saturated heterocycles. The van der Waals surface area contributed by atoms with Gasteiger partial charge in [0.05, 0.1) is 11.6 Å². The molecule has 4 heteroatoms. The summed E-state index contributed by atoms with van der Waals surface area (Å²) in [4.78, 5) is 0. The van der Waals surface area contributed by atoms with Gasteiger partial charge in [-0.3, -0.25) is 0 Å². The fourth-order valence-corrected chi connectivity index (χ4v) is 1.36. The van der Waals surface area contributed by atoms with Crippen LogP contribution in [0.4, 0.5) is 4.39 Å². The van der Waals surface area contributed by atoms with Crippen LogP contribution in [0.2, 0.25) is 0 Å². The molecule has 3 nitrogen and oxygen atoms in total. The maximum absolute atomic E-state index is 13.3. The Morgan fingerprint density at radius 2 is 2.38 bits per heavy atom. The lowest BCUT2D eigenvalue weighted by molar-refractivity contribution is 0.319. The van der Waals surface area contributed by atoms with E-state index in [-0.39, 0.29) is 24.0 Å². The Morgan fingerprint density at radius 3 is 3.08 bits per heavy atom. The van der Waals surface area contributed by atoms with E-state index in [1.165, 1.54) is 6.07 Å². The number of nitrogens with two attached hydrogens (primary N) is 1. The Morgan fingerprint density at radius 1 is 1.62 bits per heavy atom. The smallest absolute Gasteiger partial charge is 0.183 e. The molecule has 0 spiro atoms. The van der Waals surface area contributed by atoms with Crippen LogP contribution in [-0.4, -0.2) is 6.61 Å². The molecule has 0 bridgehead atoms. The largest absolute Gasteiger partial charge is 0.488 e. The van der Waals surface area contributed by atoms with Crippen molar-refractivity contribution in [1.82, 2.24) is 0 Å². The highest BCUT2D eigenvalue weighted by molar-refractivity contribution is 5.47. The van der Waals surface area contributed by atoms with Crippen LogP contribution in [0, 0.1) is 17.1 Å². The second-order valence-corrected chi connectivity index (χ2v) is 2.87. The highest BCUT2D eigenvalue weighted by atomic mass is 19.1. The predicted molar refractivity (Wildman–Crippen MR) is 43.5 cm³/mol. The van der Waals surface area contributed by atoms with Crippen molar-refractivity contribution >= 4 is 0 Å². The van der Waals surface area contributed by atoms with Crippen LogP contribution < -0.4 is 10.5 Å². The van der Waals surface area contributed by atoms with Gasteiger partial charge < -0.3 is 10.5 Å². The number of nitrogens with zero attached hydrogens (tertiary/aromatic N) is 1.